The smallest absolute Gasteiger partial charge is 0.266 e. The van der Waals surface area contributed by atoms with E-state index in [9.17, 15) is 10.1 Å². The molecule has 0 saturated heterocycles. The quantitative estimate of drug-likeness (QED) is 0.392. The molecule has 0 saturated carbocycles. The van der Waals surface area contributed by atoms with Crippen molar-refractivity contribution in [3.05, 3.63) is 86.7 Å². The van der Waals surface area contributed by atoms with Gasteiger partial charge in [-0.2, -0.15) is 5.26 Å². The largest absolute Gasteiger partial charge is 0.321 e. The Balaban J connectivity index is 1.96. The molecule has 5 heteroatoms. The summed E-state index contributed by atoms with van der Waals surface area (Å²) in [4.78, 5) is 12.6. The molecule has 1 N–H and O–H groups in total. The minimum absolute atomic E-state index is 0.0610. The lowest BCUT2D eigenvalue weighted by Crippen LogP contribution is -2.13. The second-order valence-electron chi connectivity index (χ2n) is 7.09. The summed E-state index contributed by atoms with van der Waals surface area (Å²) in [7, 11) is 0. The molecular formula is C24H22BrN3O. The second-order valence-corrected chi connectivity index (χ2v) is 8.00. The summed E-state index contributed by atoms with van der Waals surface area (Å²) < 4.78 is 3.01. The Bertz CT molecular complexity index is 1170. The van der Waals surface area contributed by atoms with Crippen molar-refractivity contribution in [2.45, 2.75) is 27.7 Å². The van der Waals surface area contributed by atoms with Gasteiger partial charge in [-0.15, -0.1) is 0 Å². The molecule has 0 radical (unpaired) electrons. The summed E-state index contributed by atoms with van der Waals surface area (Å²) in [6, 6.07) is 17.6. The van der Waals surface area contributed by atoms with E-state index in [1.165, 1.54) is 11.1 Å². The number of aryl methyl sites for hydroxylation is 3. The standard InChI is InChI=1S/C24H22BrN3O/c1-15-8-9-23(16(2)10-15)28-17(3)11-19(18(28)4)12-20(14-26)24(29)27-22-7-5-6-21(25)13-22/h5-13H,1-4H3,(H,27,29)/b20-12-. The summed E-state index contributed by atoms with van der Waals surface area (Å²) in [6.45, 7) is 8.18. The van der Waals surface area contributed by atoms with Gasteiger partial charge >= 0.3 is 0 Å². The zero-order valence-electron chi connectivity index (χ0n) is 16.9. The molecule has 146 valence electrons. The first kappa shape index (κ1) is 20.6. The predicted molar refractivity (Wildman–Crippen MR) is 121 cm³/mol. The van der Waals surface area contributed by atoms with E-state index in [4.69, 9.17) is 0 Å². The van der Waals surface area contributed by atoms with Crippen LogP contribution in [0.1, 0.15) is 28.1 Å². The van der Waals surface area contributed by atoms with Gasteiger partial charge in [-0.3, -0.25) is 4.79 Å². The van der Waals surface area contributed by atoms with Gasteiger partial charge in [0.05, 0.1) is 0 Å². The number of hydrogen-bond donors (Lipinski definition) is 1. The zero-order valence-corrected chi connectivity index (χ0v) is 18.5. The van der Waals surface area contributed by atoms with Crippen LogP contribution in [0.2, 0.25) is 0 Å². The van der Waals surface area contributed by atoms with Crippen molar-refractivity contribution < 1.29 is 4.79 Å². The van der Waals surface area contributed by atoms with Crippen LogP contribution in [0, 0.1) is 39.0 Å². The van der Waals surface area contributed by atoms with Gasteiger partial charge in [0.2, 0.25) is 0 Å². The number of anilines is 1. The number of hydrogen-bond acceptors (Lipinski definition) is 2. The molecule has 1 amide bonds. The Kier molecular flexibility index (Phi) is 6.05. The first-order chi connectivity index (χ1) is 13.8. The van der Waals surface area contributed by atoms with E-state index in [0.29, 0.717) is 5.69 Å². The zero-order chi connectivity index (χ0) is 21.1. The van der Waals surface area contributed by atoms with Crippen LogP contribution >= 0.6 is 15.9 Å². The molecule has 1 aromatic heterocycles. The fourth-order valence-electron chi connectivity index (χ4n) is 3.43. The molecule has 1 heterocycles. The highest BCUT2D eigenvalue weighted by molar-refractivity contribution is 9.10. The molecule has 3 aromatic rings. The molecule has 2 aromatic carbocycles. The molecule has 4 nitrogen and oxygen atoms in total. The lowest BCUT2D eigenvalue weighted by Gasteiger charge is -2.13. The molecule has 0 aliphatic rings. The predicted octanol–water partition coefficient (Wildman–Crippen LogP) is 6.02. The van der Waals surface area contributed by atoms with E-state index in [1.807, 2.05) is 38.1 Å². The highest BCUT2D eigenvalue weighted by Crippen LogP contribution is 2.26. The summed E-state index contributed by atoms with van der Waals surface area (Å²) in [5.74, 6) is -0.429. The van der Waals surface area contributed by atoms with Crippen LogP contribution in [0.5, 0.6) is 0 Å². The number of benzene rings is 2. The first-order valence-corrected chi connectivity index (χ1v) is 10.0. The lowest BCUT2D eigenvalue weighted by atomic mass is 10.1. The number of aromatic nitrogens is 1. The number of nitrogens with zero attached hydrogens (tertiary/aromatic N) is 2. The topological polar surface area (TPSA) is 57.8 Å². The maximum absolute atomic E-state index is 12.6. The van der Waals surface area contributed by atoms with Crippen LogP contribution in [0.3, 0.4) is 0 Å². The van der Waals surface area contributed by atoms with Gasteiger partial charge in [0, 0.05) is 27.2 Å². The van der Waals surface area contributed by atoms with Gasteiger partial charge in [-0.1, -0.05) is 39.7 Å². The minimum Gasteiger partial charge on any atom is -0.321 e. The summed E-state index contributed by atoms with van der Waals surface area (Å²) >= 11 is 3.38. The average Bonchev–Trinajstić information content (AvgIpc) is 2.93. The normalized spacial score (nSPS) is 11.2. The lowest BCUT2D eigenvalue weighted by molar-refractivity contribution is -0.112. The number of amides is 1. The van der Waals surface area contributed by atoms with Crippen molar-refractivity contribution >= 4 is 33.6 Å². The van der Waals surface area contributed by atoms with Crippen molar-refractivity contribution in [3.63, 3.8) is 0 Å². The Morgan fingerprint density at radius 3 is 2.52 bits per heavy atom. The van der Waals surface area contributed by atoms with E-state index >= 15 is 0 Å². The number of nitrogens with one attached hydrogen (secondary N) is 1. The number of carbonyl (C=O) groups excluding carboxylic acids is 1. The summed E-state index contributed by atoms with van der Waals surface area (Å²) in [5, 5.41) is 12.3. The van der Waals surface area contributed by atoms with Crippen molar-refractivity contribution in [2.24, 2.45) is 0 Å². The second kappa shape index (κ2) is 8.50. The highest BCUT2D eigenvalue weighted by Gasteiger charge is 2.15. The van der Waals surface area contributed by atoms with Gasteiger partial charge in [-0.25, -0.2) is 0 Å². The number of nitriles is 1. The summed E-state index contributed by atoms with van der Waals surface area (Å²) in [6.07, 6.45) is 1.65. The van der Waals surface area contributed by atoms with Gasteiger partial charge < -0.3 is 9.88 Å². The van der Waals surface area contributed by atoms with Crippen molar-refractivity contribution in [1.82, 2.24) is 4.57 Å². The maximum Gasteiger partial charge on any atom is 0.266 e. The van der Waals surface area contributed by atoms with Gasteiger partial charge in [0.1, 0.15) is 11.6 Å². The molecule has 0 spiro atoms. The van der Waals surface area contributed by atoms with Crippen LogP contribution < -0.4 is 5.32 Å². The summed E-state index contributed by atoms with van der Waals surface area (Å²) in [5.41, 5.74) is 7.06. The Hall–Kier alpha value is -3.10. The molecule has 0 bridgehead atoms. The van der Waals surface area contributed by atoms with Crippen molar-refractivity contribution in [3.8, 4) is 11.8 Å². The molecule has 29 heavy (non-hydrogen) atoms. The van der Waals surface area contributed by atoms with Gasteiger partial charge in [-0.05, 0) is 75.2 Å². The van der Waals surface area contributed by atoms with Crippen LogP contribution in [0.25, 0.3) is 11.8 Å². The molecule has 0 aliphatic heterocycles. The molecule has 3 rings (SSSR count). The van der Waals surface area contributed by atoms with E-state index in [1.54, 1.807) is 18.2 Å². The number of halogens is 1. The van der Waals surface area contributed by atoms with E-state index < -0.39 is 5.91 Å². The average molecular weight is 448 g/mol. The SMILES string of the molecule is Cc1ccc(-n2c(C)cc(/C=C(/C#N)C(=O)Nc3cccc(Br)c3)c2C)c(C)c1. The van der Waals surface area contributed by atoms with Crippen LogP contribution in [0.4, 0.5) is 5.69 Å². The first-order valence-electron chi connectivity index (χ1n) is 9.25. The van der Waals surface area contributed by atoms with Gasteiger partial charge in [0.25, 0.3) is 5.91 Å². The molecule has 0 fully saturated rings. The highest BCUT2D eigenvalue weighted by atomic mass is 79.9. The van der Waals surface area contributed by atoms with Crippen molar-refractivity contribution in [1.29, 1.82) is 5.26 Å². The van der Waals surface area contributed by atoms with Crippen LogP contribution in [0.15, 0.2) is 58.6 Å². The van der Waals surface area contributed by atoms with Crippen molar-refractivity contribution in [2.75, 3.05) is 5.32 Å². The Morgan fingerprint density at radius 2 is 1.86 bits per heavy atom. The minimum atomic E-state index is -0.429. The van der Waals surface area contributed by atoms with Crippen LogP contribution in [-0.2, 0) is 4.79 Å². The third-order valence-corrected chi connectivity index (χ3v) is 5.30. The number of carbonyl (C=O) groups is 1. The fraction of sp³-hybridized carbons (Fsp3) is 0.167. The molecule has 0 atom stereocenters. The van der Waals surface area contributed by atoms with Crippen LogP contribution in [-0.4, -0.2) is 10.5 Å². The third-order valence-electron chi connectivity index (χ3n) is 4.81. The third kappa shape index (κ3) is 4.49. The van der Waals surface area contributed by atoms with Gasteiger partial charge in [0.15, 0.2) is 0 Å². The van der Waals surface area contributed by atoms with E-state index in [-0.39, 0.29) is 5.57 Å². The molecule has 0 unspecified atom stereocenters. The Labute approximate surface area is 179 Å². The fourth-order valence-corrected chi connectivity index (χ4v) is 3.83. The monoisotopic (exact) mass is 447 g/mol. The number of rotatable bonds is 4. The Morgan fingerprint density at radius 1 is 1.10 bits per heavy atom. The maximum atomic E-state index is 12.6. The van der Waals surface area contributed by atoms with E-state index in [2.05, 4.69) is 57.9 Å². The molecular weight excluding hydrogens is 426 g/mol. The molecule has 0 aliphatic carbocycles. The van der Waals surface area contributed by atoms with E-state index in [0.717, 1.165) is 27.1 Å².